The molecule has 0 atom stereocenters. The van der Waals surface area contributed by atoms with Gasteiger partial charge in [0.15, 0.2) is 0 Å². The van der Waals surface area contributed by atoms with Crippen LogP contribution in [0.2, 0.25) is 0 Å². The van der Waals surface area contributed by atoms with Gasteiger partial charge in [-0.2, -0.15) is 0 Å². The first kappa shape index (κ1) is 15.7. The summed E-state index contributed by atoms with van der Waals surface area (Å²) in [7, 11) is 1.59. The van der Waals surface area contributed by atoms with Crippen LogP contribution in [0.1, 0.15) is 25.7 Å². The molecular formula is C15H19NO4S. The Bertz CT molecular complexity index is 526. The highest BCUT2D eigenvalue weighted by molar-refractivity contribution is 8.00. The number of carboxylic acid groups (broad SMARTS) is 1. The van der Waals surface area contributed by atoms with Crippen molar-refractivity contribution in [3.05, 3.63) is 24.3 Å². The standard InChI is InChI=1S/C15H19NO4S/c1-20-11-5-4-6-12(9-11)21-10-13(17)16-15(14(18)19)7-2-3-8-15/h4-6,9H,2-3,7-8,10H2,1H3,(H,16,17)(H,18,19). The van der Waals surface area contributed by atoms with Gasteiger partial charge >= 0.3 is 5.97 Å². The van der Waals surface area contributed by atoms with Crippen molar-refractivity contribution in [2.75, 3.05) is 12.9 Å². The fraction of sp³-hybridized carbons (Fsp3) is 0.467. The van der Waals surface area contributed by atoms with Crippen molar-refractivity contribution in [1.29, 1.82) is 0 Å². The molecule has 0 heterocycles. The van der Waals surface area contributed by atoms with Crippen LogP contribution in [0.4, 0.5) is 0 Å². The van der Waals surface area contributed by atoms with Gasteiger partial charge < -0.3 is 15.2 Å². The summed E-state index contributed by atoms with van der Waals surface area (Å²) in [5.74, 6) is -0.243. The summed E-state index contributed by atoms with van der Waals surface area (Å²) in [6, 6.07) is 7.43. The zero-order valence-electron chi connectivity index (χ0n) is 11.9. The maximum atomic E-state index is 12.0. The zero-order valence-corrected chi connectivity index (χ0v) is 12.7. The van der Waals surface area contributed by atoms with Gasteiger partial charge in [-0.25, -0.2) is 4.79 Å². The molecule has 6 heteroatoms. The minimum Gasteiger partial charge on any atom is -0.497 e. The molecule has 2 N–H and O–H groups in total. The van der Waals surface area contributed by atoms with E-state index in [-0.39, 0.29) is 11.7 Å². The van der Waals surface area contributed by atoms with Crippen LogP contribution in [0, 0.1) is 0 Å². The minimum atomic E-state index is -1.06. The van der Waals surface area contributed by atoms with Crippen molar-refractivity contribution in [2.45, 2.75) is 36.1 Å². The average Bonchev–Trinajstić information content (AvgIpc) is 2.95. The van der Waals surface area contributed by atoms with Crippen LogP contribution < -0.4 is 10.1 Å². The lowest BCUT2D eigenvalue weighted by atomic mass is 9.98. The molecule has 0 radical (unpaired) electrons. The topological polar surface area (TPSA) is 75.6 Å². The molecule has 114 valence electrons. The molecule has 0 aromatic heterocycles. The Labute approximate surface area is 128 Å². The number of methoxy groups -OCH3 is 1. The molecule has 1 aromatic rings. The third-order valence-electron chi connectivity index (χ3n) is 3.66. The molecule has 0 bridgehead atoms. The molecule has 21 heavy (non-hydrogen) atoms. The number of thioether (sulfide) groups is 1. The van der Waals surface area contributed by atoms with E-state index in [4.69, 9.17) is 4.74 Å². The molecule has 5 nitrogen and oxygen atoms in total. The second-order valence-corrected chi connectivity index (χ2v) is 6.16. The number of hydrogen-bond acceptors (Lipinski definition) is 4. The first-order chi connectivity index (χ1) is 10.1. The largest absolute Gasteiger partial charge is 0.497 e. The smallest absolute Gasteiger partial charge is 0.329 e. The molecule has 1 aliphatic carbocycles. The molecule has 1 fully saturated rings. The van der Waals surface area contributed by atoms with E-state index in [0.29, 0.717) is 12.8 Å². The van der Waals surface area contributed by atoms with Gasteiger partial charge in [-0.05, 0) is 31.0 Å². The van der Waals surface area contributed by atoms with Gasteiger partial charge in [-0.1, -0.05) is 18.9 Å². The van der Waals surface area contributed by atoms with Crippen LogP contribution in [0.25, 0.3) is 0 Å². The van der Waals surface area contributed by atoms with Gasteiger partial charge in [0, 0.05) is 4.90 Å². The van der Waals surface area contributed by atoms with E-state index < -0.39 is 11.5 Å². The average molecular weight is 309 g/mol. The maximum absolute atomic E-state index is 12.0. The van der Waals surface area contributed by atoms with Crippen molar-refractivity contribution in [3.63, 3.8) is 0 Å². The summed E-state index contributed by atoms with van der Waals surface area (Å²) < 4.78 is 5.13. The second-order valence-electron chi connectivity index (χ2n) is 5.11. The number of carbonyl (C=O) groups is 2. The Kier molecular flexibility index (Phi) is 5.12. The van der Waals surface area contributed by atoms with Crippen LogP contribution in [-0.2, 0) is 9.59 Å². The molecule has 0 aliphatic heterocycles. The van der Waals surface area contributed by atoms with E-state index in [9.17, 15) is 14.7 Å². The van der Waals surface area contributed by atoms with Crippen LogP contribution >= 0.6 is 11.8 Å². The first-order valence-electron chi connectivity index (χ1n) is 6.87. The predicted molar refractivity (Wildman–Crippen MR) is 80.7 cm³/mol. The molecule has 2 rings (SSSR count). The molecule has 1 aliphatic rings. The van der Waals surface area contributed by atoms with Crippen LogP contribution in [0.5, 0.6) is 5.75 Å². The number of benzene rings is 1. The van der Waals surface area contributed by atoms with Crippen molar-refractivity contribution < 1.29 is 19.4 Å². The van der Waals surface area contributed by atoms with Crippen molar-refractivity contribution in [2.24, 2.45) is 0 Å². The highest BCUT2D eigenvalue weighted by atomic mass is 32.2. The molecule has 1 amide bonds. The minimum absolute atomic E-state index is 0.197. The highest BCUT2D eigenvalue weighted by Gasteiger charge is 2.42. The maximum Gasteiger partial charge on any atom is 0.329 e. The fourth-order valence-corrected chi connectivity index (χ4v) is 3.26. The van der Waals surface area contributed by atoms with Gasteiger partial charge in [0.1, 0.15) is 11.3 Å². The third kappa shape index (κ3) is 3.91. The van der Waals surface area contributed by atoms with E-state index in [1.807, 2.05) is 24.3 Å². The van der Waals surface area contributed by atoms with Crippen LogP contribution in [0.3, 0.4) is 0 Å². The Hall–Kier alpha value is -1.69. The molecule has 0 spiro atoms. The van der Waals surface area contributed by atoms with Crippen molar-refractivity contribution in [1.82, 2.24) is 5.32 Å². The van der Waals surface area contributed by atoms with Gasteiger partial charge in [0.25, 0.3) is 0 Å². The van der Waals surface area contributed by atoms with Crippen molar-refractivity contribution >= 4 is 23.6 Å². The zero-order chi connectivity index (χ0) is 15.3. The van der Waals surface area contributed by atoms with E-state index in [2.05, 4.69) is 5.32 Å². The Morgan fingerprint density at radius 3 is 2.71 bits per heavy atom. The fourth-order valence-electron chi connectivity index (χ4n) is 2.51. The number of ether oxygens (including phenoxy) is 1. The number of amides is 1. The van der Waals surface area contributed by atoms with Gasteiger partial charge in [-0.15, -0.1) is 11.8 Å². The molecule has 1 aromatic carbocycles. The quantitative estimate of drug-likeness (QED) is 0.789. The molecular weight excluding hydrogens is 290 g/mol. The van der Waals surface area contributed by atoms with Gasteiger partial charge in [0.05, 0.1) is 12.9 Å². The monoisotopic (exact) mass is 309 g/mol. The SMILES string of the molecule is COc1cccc(SCC(=O)NC2(C(=O)O)CCCC2)c1. The number of nitrogens with one attached hydrogen (secondary N) is 1. The van der Waals surface area contributed by atoms with Crippen LogP contribution in [0.15, 0.2) is 29.2 Å². The van der Waals surface area contributed by atoms with Gasteiger partial charge in [0.2, 0.25) is 5.91 Å². The second kappa shape index (κ2) is 6.85. The Morgan fingerprint density at radius 1 is 1.38 bits per heavy atom. The number of rotatable bonds is 6. The third-order valence-corrected chi connectivity index (χ3v) is 4.65. The summed E-state index contributed by atoms with van der Waals surface area (Å²) >= 11 is 1.37. The Morgan fingerprint density at radius 2 is 2.10 bits per heavy atom. The van der Waals surface area contributed by atoms with Crippen molar-refractivity contribution in [3.8, 4) is 5.75 Å². The first-order valence-corrected chi connectivity index (χ1v) is 7.85. The summed E-state index contributed by atoms with van der Waals surface area (Å²) in [4.78, 5) is 24.3. The number of hydrogen-bond donors (Lipinski definition) is 2. The number of carbonyl (C=O) groups excluding carboxylic acids is 1. The van der Waals surface area contributed by atoms with Gasteiger partial charge in [-0.3, -0.25) is 4.79 Å². The lowest BCUT2D eigenvalue weighted by Crippen LogP contribution is -2.53. The lowest BCUT2D eigenvalue weighted by molar-refractivity contribution is -0.147. The van der Waals surface area contributed by atoms with E-state index in [1.165, 1.54) is 11.8 Å². The lowest BCUT2D eigenvalue weighted by Gasteiger charge is -2.25. The molecule has 0 saturated heterocycles. The normalized spacial score (nSPS) is 16.4. The van der Waals surface area contributed by atoms with E-state index in [1.54, 1.807) is 7.11 Å². The predicted octanol–water partition coefficient (Wildman–Crippen LogP) is 2.30. The van der Waals surface area contributed by atoms with Crippen LogP contribution in [-0.4, -0.2) is 35.4 Å². The summed E-state index contributed by atoms with van der Waals surface area (Å²) in [5.41, 5.74) is -1.06. The molecule has 1 saturated carbocycles. The Balaban J connectivity index is 1.91. The summed E-state index contributed by atoms with van der Waals surface area (Å²) in [6.45, 7) is 0. The van der Waals surface area contributed by atoms with E-state index in [0.717, 1.165) is 23.5 Å². The number of aliphatic carboxylic acids is 1. The number of carboxylic acids is 1. The highest BCUT2D eigenvalue weighted by Crippen LogP contribution is 2.30. The van der Waals surface area contributed by atoms with E-state index >= 15 is 0 Å². The summed E-state index contributed by atoms with van der Waals surface area (Å²) in [5, 5.41) is 12.0. The summed E-state index contributed by atoms with van der Waals surface area (Å²) in [6.07, 6.45) is 2.71. The molecule has 0 unspecified atom stereocenters.